The third-order valence-electron chi connectivity index (χ3n) is 2.00. The molecule has 0 saturated carbocycles. The molecule has 1 aromatic carbocycles. The zero-order valence-electron chi connectivity index (χ0n) is 11.7. The first-order chi connectivity index (χ1) is 8.49. The predicted molar refractivity (Wildman–Crippen MR) is 70.6 cm³/mol. The van der Waals surface area contributed by atoms with Crippen molar-refractivity contribution in [3.8, 4) is 0 Å². The summed E-state index contributed by atoms with van der Waals surface area (Å²) in [6.45, 7) is 4.95. The van der Waals surface area contributed by atoms with Crippen LogP contribution in [0.4, 0.5) is 23.7 Å². The summed E-state index contributed by atoms with van der Waals surface area (Å²) in [5.74, 6) is 0. The van der Waals surface area contributed by atoms with Gasteiger partial charge < -0.3 is 11.0 Å². The minimum atomic E-state index is -4.57. The summed E-state index contributed by atoms with van der Waals surface area (Å²) in [6, 6.07) is 3.11. The average molecular weight is 305 g/mol. The monoisotopic (exact) mass is 305 g/mol. The summed E-state index contributed by atoms with van der Waals surface area (Å²) in [6.07, 6.45) is -5.40. The molecule has 0 saturated heterocycles. The number of amides is 1. The fourth-order valence-electron chi connectivity index (χ4n) is 1.30. The Balaban J connectivity index is 0. The molecule has 0 aliphatic rings. The van der Waals surface area contributed by atoms with Gasteiger partial charge in [-0.2, -0.15) is 0 Å². The second kappa shape index (κ2) is 7.32. The van der Waals surface area contributed by atoms with E-state index < -0.39 is 28.9 Å². The van der Waals surface area contributed by atoms with E-state index in [-0.39, 0.29) is 16.6 Å². The molecule has 0 radical (unpaired) electrons. The zero-order chi connectivity index (χ0) is 14.8. The van der Waals surface area contributed by atoms with Crippen LogP contribution in [0.2, 0.25) is 0 Å². The van der Waals surface area contributed by atoms with Crippen LogP contribution in [-0.2, 0) is 10.9 Å². The largest absolute Gasteiger partial charge is 0.870 e. The summed E-state index contributed by atoms with van der Waals surface area (Å²) >= 11 is 0. The van der Waals surface area contributed by atoms with E-state index in [0.717, 1.165) is 12.1 Å². The van der Waals surface area contributed by atoms with Gasteiger partial charge in [-0.15, -0.1) is 0 Å². The van der Waals surface area contributed by atoms with Crippen molar-refractivity contribution in [1.82, 2.24) is 0 Å². The van der Waals surface area contributed by atoms with Crippen molar-refractivity contribution in [3.63, 3.8) is 0 Å². The Hall–Kier alpha value is -1.74. The minimum Gasteiger partial charge on any atom is -0.870 e. The van der Waals surface area contributed by atoms with E-state index in [0.29, 0.717) is 0 Å². The van der Waals surface area contributed by atoms with Crippen molar-refractivity contribution < 1.29 is 33.7 Å². The van der Waals surface area contributed by atoms with Gasteiger partial charge in [0.2, 0.25) is 0 Å². The Morgan fingerprint density at radius 2 is 1.71 bits per heavy atom. The summed E-state index contributed by atoms with van der Waals surface area (Å²) in [5, 5.41) is 2.22. The van der Waals surface area contributed by atoms with Gasteiger partial charge in [-0.1, -0.05) is 0 Å². The van der Waals surface area contributed by atoms with Gasteiger partial charge in [0.25, 0.3) is 0 Å². The number of ether oxygens (including phenoxy) is 1. The molecule has 5 nitrogen and oxygen atoms in total. The molecule has 0 unspecified atom stereocenters. The predicted octanol–water partition coefficient (Wildman–Crippen LogP) is 2.49. The number of hydrogen-bond donors (Lipinski definition) is 1. The Morgan fingerprint density at radius 3 is 2.14 bits per heavy atom. The molecule has 0 aromatic heterocycles. The van der Waals surface area contributed by atoms with Crippen LogP contribution in [-0.4, -0.2) is 30.5 Å². The van der Waals surface area contributed by atoms with E-state index in [9.17, 15) is 18.0 Å². The fourth-order valence-corrected chi connectivity index (χ4v) is 1.30. The maximum absolute atomic E-state index is 12.6. The van der Waals surface area contributed by atoms with Crippen molar-refractivity contribution in [1.29, 1.82) is 0 Å². The second-order valence-electron chi connectivity index (χ2n) is 4.93. The van der Waals surface area contributed by atoms with Gasteiger partial charge >= 0.3 is 109 Å². The standard InChI is InChI=1S/C12H13BF3NO2.2H2O/c1-11(2,3)19-10(18)17-7-4-5-9(13)8(6-7)12(14,15)16;;/h4-6H,1-3H3,(H,17,18);2*1H2/q+2;;/p-2. The van der Waals surface area contributed by atoms with Gasteiger partial charge in [0, 0.05) is 0 Å². The summed E-state index contributed by atoms with van der Waals surface area (Å²) in [5.41, 5.74) is -2.16. The van der Waals surface area contributed by atoms with E-state index in [1.807, 2.05) is 0 Å². The number of anilines is 1. The second-order valence-corrected chi connectivity index (χ2v) is 4.93. The van der Waals surface area contributed by atoms with Crippen LogP contribution < -0.4 is 10.8 Å². The molecule has 0 atom stereocenters. The first kappa shape index (κ1) is 21.6. The molecule has 116 valence electrons. The number of halogens is 3. The van der Waals surface area contributed by atoms with Gasteiger partial charge in [0.15, 0.2) is 0 Å². The van der Waals surface area contributed by atoms with Crippen LogP contribution in [0.3, 0.4) is 0 Å². The molecule has 9 heteroatoms. The molecule has 1 aromatic rings. The van der Waals surface area contributed by atoms with Crippen LogP contribution in [0, 0.1) is 0 Å². The first-order valence-corrected chi connectivity index (χ1v) is 5.46. The Labute approximate surface area is 121 Å². The van der Waals surface area contributed by atoms with Gasteiger partial charge in [-0.3, -0.25) is 0 Å². The number of alkyl halides is 3. The van der Waals surface area contributed by atoms with E-state index in [2.05, 4.69) is 5.32 Å². The Bertz CT molecular complexity index is 486. The van der Waals surface area contributed by atoms with E-state index in [1.165, 1.54) is 6.07 Å². The third kappa shape index (κ3) is 7.00. The molecule has 0 fully saturated rings. The number of benzene rings is 1. The molecule has 1 amide bonds. The van der Waals surface area contributed by atoms with Crippen molar-refractivity contribution >= 4 is 25.1 Å². The molecule has 0 aliphatic heterocycles. The smallest absolute Gasteiger partial charge is 0.870 e. The normalized spacial score (nSPS) is 11.0. The van der Waals surface area contributed by atoms with E-state index in [4.69, 9.17) is 12.6 Å². The van der Waals surface area contributed by atoms with Crippen molar-refractivity contribution in [3.05, 3.63) is 23.8 Å². The maximum atomic E-state index is 12.6. The quantitative estimate of drug-likeness (QED) is 0.806. The van der Waals surface area contributed by atoms with Crippen molar-refractivity contribution in [2.24, 2.45) is 0 Å². The van der Waals surface area contributed by atoms with Gasteiger partial charge in [-0.05, 0) is 0 Å². The molecule has 0 spiro atoms. The van der Waals surface area contributed by atoms with Crippen LogP contribution in [0.5, 0.6) is 0 Å². The number of carbonyl (C=O) groups is 1. The molecule has 1 rings (SSSR count). The number of nitrogens with one attached hydrogen (secondary N) is 1. The number of rotatable bonds is 1. The minimum absolute atomic E-state index is 0. The molecule has 3 N–H and O–H groups in total. The molecule has 21 heavy (non-hydrogen) atoms. The molecule has 0 aliphatic carbocycles. The summed E-state index contributed by atoms with van der Waals surface area (Å²) in [7, 11) is 5.24. The van der Waals surface area contributed by atoms with Gasteiger partial charge in [0.05, 0.1) is 0 Å². The Morgan fingerprint density at radius 1 is 1.19 bits per heavy atom. The molecular weight excluding hydrogens is 290 g/mol. The van der Waals surface area contributed by atoms with Crippen LogP contribution in [0.15, 0.2) is 18.2 Å². The van der Waals surface area contributed by atoms with Crippen LogP contribution in [0.25, 0.3) is 0 Å². The topological polar surface area (TPSA) is 98.3 Å². The third-order valence-corrected chi connectivity index (χ3v) is 2.00. The SMILES string of the molecule is [B+2]c1ccc(NC(=O)OC(C)(C)C)cc1C(F)(F)F.[OH-].[OH-]. The average Bonchev–Trinajstić information content (AvgIpc) is 2.16. The van der Waals surface area contributed by atoms with Gasteiger partial charge in [-0.25, -0.2) is 0 Å². The van der Waals surface area contributed by atoms with Crippen molar-refractivity contribution in [2.45, 2.75) is 32.5 Å². The van der Waals surface area contributed by atoms with Crippen molar-refractivity contribution in [2.75, 3.05) is 5.32 Å². The first-order valence-electron chi connectivity index (χ1n) is 5.46. The molecular formula is C12H15BF3NO4. The van der Waals surface area contributed by atoms with Gasteiger partial charge in [0.1, 0.15) is 0 Å². The van der Waals surface area contributed by atoms with Crippen LogP contribution in [0.1, 0.15) is 26.3 Å². The zero-order valence-corrected chi connectivity index (χ0v) is 11.7. The fraction of sp³-hybridized carbons (Fsp3) is 0.417. The maximum Gasteiger partial charge on any atom is -0.870 e. The molecule has 0 bridgehead atoms. The summed E-state index contributed by atoms with van der Waals surface area (Å²) in [4.78, 5) is 11.4. The molecule has 0 heterocycles. The number of carbonyl (C=O) groups excluding carboxylic acids is 1. The summed E-state index contributed by atoms with van der Waals surface area (Å²) < 4.78 is 42.8. The van der Waals surface area contributed by atoms with E-state index >= 15 is 0 Å². The van der Waals surface area contributed by atoms with E-state index in [1.54, 1.807) is 20.8 Å². The van der Waals surface area contributed by atoms with Crippen LogP contribution >= 0.6 is 0 Å². The number of hydrogen-bond acceptors (Lipinski definition) is 4. The Kier molecular flexibility index (Phi) is 7.52.